The number of nitrogens with one attached hydrogen (secondary N) is 2. The molecule has 0 unspecified atom stereocenters. The van der Waals surface area contributed by atoms with E-state index in [-0.39, 0.29) is 23.9 Å². The van der Waals surface area contributed by atoms with Gasteiger partial charge in [0.15, 0.2) is 0 Å². The average molecular weight is 607 g/mol. The highest BCUT2D eigenvalue weighted by molar-refractivity contribution is 5.98. The molecule has 2 N–H and O–H groups in total. The molecule has 4 nitrogen and oxygen atoms in total. The van der Waals surface area contributed by atoms with Crippen LogP contribution in [0.15, 0.2) is 74.9 Å². The van der Waals surface area contributed by atoms with E-state index in [1.807, 2.05) is 42.5 Å². The fourth-order valence-corrected chi connectivity index (χ4v) is 6.66. The van der Waals surface area contributed by atoms with E-state index in [0.717, 1.165) is 98.1 Å². The number of carbonyl (C=O) groups excluding carboxylic acids is 2. The lowest BCUT2D eigenvalue weighted by molar-refractivity contribution is 0.0923. The van der Waals surface area contributed by atoms with Gasteiger partial charge in [-0.1, -0.05) is 69.9 Å². The summed E-state index contributed by atoms with van der Waals surface area (Å²) in [6, 6.07) is 8.03. The van der Waals surface area contributed by atoms with E-state index >= 15 is 0 Å². The Kier molecular flexibility index (Phi) is 13.9. The first-order valence-electron chi connectivity index (χ1n) is 16.7. The van der Waals surface area contributed by atoms with Gasteiger partial charge in [0, 0.05) is 23.2 Å². The van der Waals surface area contributed by atoms with Gasteiger partial charge in [0.2, 0.25) is 0 Å². The number of benzene rings is 2. The van der Waals surface area contributed by atoms with E-state index in [1.165, 1.54) is 5.56 Å². The Bertz CT molecular complexity index is 1460. The third-order valence-electron chi connectivity index (χ3n) is 9.51. The van der Waals surface area contributed by atoms with Crippen LogP contribution in [0.4, 0.5) is 0 Å². The van der Waals surface area contributed by atoms with Crippen molar-refractivity contribution in [3.8, 4) is 11.1 Å². The molecule has 1 aliphatic rings. The zero-order valence-electron chi connectivity index (χ0n) is 27.8. The first-order chi connectivity index (χ1) is 21.7. The normalized spacial score (nSPS) is 15.7. The van der Waals surface area contributed by atoms with Crippen LogP contribution in [0, 0.1) is 11.8 Å². The Balaban J connectivity index is 2.01. The van der Waals surface area contributed by atoms with E-state index in [9.17, 15) is 9.59 Å². The molecule has 0 aliphatic heterocycles. The molecular weight excluding hydrogens is 552 g/mol. The molecule has 0 radical (unpaired) electrons. The second kappa shape index (κ2) is 17.5. The summed E-state index contributed by atoms with van der Waals surface area (Å²) in [7, 11) is 0. The topological polar surface area (TPSA) is 58.2 Å². The number of hydrogen-bond donors (Lipinski definition) is 2. The maximum atomic E-state index is 13.8. The van der Waals surface area contributed by atoms with E-state index in [0.29, 0.717) is 22.6 Å². The first-order valence-corrected chi connectivity index (χ1v) is 16.7. The molecular formula is C41H54N2O2. The van der Waals surface area contributed by atoms with Crippen molar-refractivity contribution in [3.63, 3.8) is 0 Å². The first kappa shape index (κ1) is 35.6. The number of rotatable bonds is 18. The highest BCUT2D eigenvalue weighted by Crippen LogP contribution is 2.38. The Hall–Kier alpha value is -3.92. The highest BCUT2D eigenvalue weighted by Gasteiger charge is 2.30. The number of allylic oxidation sites excluding steroid dienone is 4. The van der Waals surface area contributed by atoms with Crippen LogP contribution in [0.1, 0.15) is 103 Å². The fourth-order valence-electron chi connectivity index (χ4n) is 6.66. The Labute approximate surface area is 271 Å². The van der Waals surface area contributed by atoms with Gasteiger partial charge >= 0.3 is 0 Å². The largest absolute Gasteiger partial charge is 0.349 e. The third-order valence-corrected chi connectivity index (χ3v) is 9.51. The summed E-state index contributed by atoms with van der Waals surface area (Å²) in [6.07, 6.45) is 17.2. The van der Waals surface area contributed by atoms with Gasteiger partial charge in [0.05, 0.1) is 0 Å². The lowest BCUT2D eigenvalue weighted by atomic mass is 9.72. The van der Waals surface area contributed by atoms with Gasteiger partial charge in [-0.15, -0.1) is 26.3 Å². The quantitative estimate of drug-likeness (QED) is 0.169. The van der Waals surface area contributed by atoms with Gasteiger partial charge in [-0.2, -0.15) is 0 Å². The van der Waals surface area contributed by atoms with E-state index in [4.69, 9.17) is 0 Å². The highest BCUT2D eigenvalue weighted by atomic mass is 16.2. The van der Waals surface area contributed by atoms with Crippen LogP contribution in [0.3, 0.4) is 0 Å². The van der Waals surface area contributed by atoms with Crippen LogP contribution < -0.4 is 21.1 Å². The minimum atomic E-state index is -0.133. The summed E-state index contributed by atoms with van der Waals surface area (Å²) in [6.45, 7) is 28.6. The van der Waals surface area contributed by atoms with Crippen LogP contribution in [0.2, 0.25) is 0 Å². The predicted octanol–water partition coefficient (Wildman–Crippen LogP) is 8.00. The van der Waals surface area contributed by atoms with Gasteiger partial charge < -0.3 is 10.6 Å². The van der Waals surface area contributed by atoms with Gasteiger partial charge in [0.1, 0.15) is 0 Å². The molecule has 240 valence electrons. The smallest absolute Gasteiger partial charge is 0.252 e. The molecule has 45 heavy (non-hydrogen) atoms. The second-order valence-electron chi connectivity index (χ2n) is 12.6. The minimum Gasteiger partial charge on any atom is -0.349 e. The zero-order chi connectivity index (χ0) is 32.9. The Morgan fingerprint density at radius 1 is 0.711 bits per heavy atom. The van der Waals surface area contributed by atoms with E-state index in [1.54, 1.807) is 0 Å². The average Bonchev–Trinajstić information content (AvgIpc) is 3.03. The molecule has 0 spiro atoms. The number of fused-ring (bicyclic) bond motifs is 1. The number of hydrogen-bond acceptors (Lipinski definition) is 2. The lowest BCUT2D eigenvalue weighted by Gasteiger charge is -2.33. The number of carbonyl (C=O) groups is 2. The fraction of sp³-hybridized carbons (Fsp3) is 0.415. The summed E-state index contributed by atoms with van der Waals surface area (Å²) in [4.78, 5) is 27.2. The van der Waals surface area contributed by atoms with Crippen molar-refractivity contribution in [2.24, 2.45) is 11.8 Å². The zero-order valence-corrected chi connectivity index (χ0v) is 27.8. The third kappa shape index (κ3) is 9.06. The molecule has 0 heterocycles. The Morgan fingerprint density at radius 3 is 1.67 bits per heavy atom. The molecule has 1 aliphatic carbocycles. The van der Waals surface area contributed by atoms with Crippen LogP contribution in [-0.2, 0) is 12.8 Å². The maximum absolute atomic E-state index is 13.8. The summed E-state index contributed by atoms with van der Waals surface area (Å²) in [5.74, 6) is 0.861. The molecule has 0 fully saturated rings. The van der Waals surface area contributed by atoms with Gasteiger partial charge in [-0.3, -0.25) is 9.59 Å². The van der Waals surface area contributed by atoms with Crippen molar-refractivity contribution < 1.29 is 9.59 Å². The van der Waals surface area contributed by atoms with Crippen LogP contribution in [0.25, 0.3) is 24.3 Å². The SMILES string of the molecule is C=CCCC(CCC=C)NC(=O)c1ccc(-c2ccc(C(=O)NC(CCC=C)CCC=C)c(=C)c2=C)c2c1C[C@H](C)[C@@H](CC)C2. The lowest BCUT2D eigenvalue weighted by Crippen LogP contribution is -2.40. The summed E-state index contributed by atoms with van der Waals surface area (Å²) in [5.41, 5.74) is 5.71. The van der Waals surface area contributed by atoms with Crippen molar-refractivity contribution in [3.05, 3.63) is 108 Å². The van der Waals surface area contributed by atoms with Gasteiger partial charge in [-0.05, 0) is 121 Å². The molecule has 4 heteroatoms. The minimum absolute atomic E-state index is 0.0137. The standard InChI is InChI=1S/C41H54N2O2/c1-9-14-18-32(19-15-10-2)42-40(44)35-23-22-34(29(7)30(35)8)36-24-25-37(38-26-28(6)31(13-5)27-39(36)38)41(45)43-33(20-16-11-3)21-17-12-4/h9-12,22-25,28,31-33H,1-4,7-8,13-21,26-27H2,5-6H3,(H,42,44)(H,43,45)/t28-,31-/m0/s1. The molecule has 0 saturated carbocycles. The van der Waals surface area contributed by atoms with Crippen molar-refractivity contribution in [1.29, 1.82) is 0 Å². The van der Waals surface area contributed by atoms with Crippen LogP contribution in [0.5, 0.6) is 0 Å². The van der Waals surface area contributed by atoms with E-state index in [2.05, 4.69) is 70.0 Å². The monoisotopic (exact) mass is 606 g/mol. The maximum Gasteiger partial charge on any atom is 0.252 e. The van der Waals surface area contributed by atoms with Crippen LogP contribution in [-0.4, -0.2) is 23.9 Å². The van der Waals surface area contributed by atoms with Crippen molar-refractivity contribution in [1.82, 2.24) is 10.6 Å². The molecule has 0 bridgehead atoms. The van der Waals surface area contributed by atoms with Crippen molar-refractivity contribution >= 4 is 25.0 Å². The Morgan fingerprint density at radius 2 is 1.18 bits per heavy atom. The molecule has 2 aromatic carbocycles. The summed E-state index contributed by atoms with van der Waals surface area (Å²) in [5, 5.41) is 7.90. The van der Waals surface area contributed by atoms with Gasteiger partial charge in [-0.25, -0.2) is 0 Å². The molecule has 2 aromatic rings. The van der Waals surface area contributed by atoms with Crippen LogP contribution >= 0.6 is 0 Å². The van der Waals surface area contributed by atoms with Crippen molar-refractivity contribution in [2.45, 2.75) is 96.6 Å². The van der Waals surface area contributed by atoms with Gasteiger partial charge in [0.25, 0.3) is 11.8 Å². The predicted molar refractivity (Wildman–Crippen MR) is 193 cm³/mol. The molecule has 2 atom stereocenters. The molecule has 3 rings (SSSR count). The summed E-state index contributed by atoms with van der Waals surface area (Å²) >= 11 is 0. The number of amides is 2. The van der Waals surface area contributed by atoms with E-state index < -0.39 is 0 Å². The molecule has 0 saturated heterocycles. The molecule has 2 amide bonds. The summed E-state index contributed by atoms with van der Waals surface area (Å²) < 4.78 is 0. The van der Waals surface area contributed by atoms with Crippen molar-refractivity contribution in [2.75, 3.05) is 0 Å². The molecule has 0 aromatic heterocycles. The second-order valence-corrected chi connectivity index (χ2v) is 12.6.